The average Bonchev–Trinajstić information content (AvgIpc) is 3.21. The number of anilines is 1. The van der Waals surface area contributed by atoms with Gasteiger partial charge >= 0.3 is 0 Å². The number of aromatic amines is 1. The number of carbonyl (C=O) groups is 1. The molecule has 0 spiro atoms. The molecule has 1 amide bonds. The van der Waals surface area contributed by atoms with Gasteiger partial charge in [-0.1, -0.05) is 26.0 Å². The lowest BCUT2D eigenvalue weighted by atomic mass is 10.1. The summed E-state index contributed by atoms with van der Waals surface area (Å²) in [5.41, 5.74) is 3.32. The highest BCUT2D eigenvalue weighted by Gasteiger charge is 2.12. The highest BCUT2D eigenvalue weighted by molar-refractivity contribution is 6.12. The van der Waals surface area contributed by atoms with Crippen molar-refractivity contribution in [1.29, 1.82) is 0 Å². The first kappa shape index (κ1) is 15.4. The van der Waals surface area contributed by atoms with Crippen LogP contribution in [0.5, 0.6) is 0 Å². The second kappa shape index (κ2) is 6.09. The Labute approximate surface area is 145 Å². The minimum absolute atomic E-state index is 0.143. The fourth-order valence-corrected chi connectivity index (χ4v) is 3.19. The highest BCUT2D eigenvalue weighted by Crippen LogP contribution is 2.23. The van der Waals surface area contributed by atoms with Crippen molar-refractivity contribution < 1.29 is 4.79 Å². The van der Waals surface area contributed by atoms with E-state index in [9.17, 15) is 4.79 Å². The van der Waals surface area contributed by atoms with Crippen molar-refractivity contribution in [2.45, 2.75) is 20.4 Å². The largest absolute Gasteiger partial charge is 0.347 e. The van der Waals surface area contributed by atoms with Gasteiger partial charge in [0.25, 0.3) is 5.91 Å². The zero-order chi connectivity index (χ0) is 17.4. The molecule has 2 heterocycles. The van der Waals surface area contributed by atoms with E-state index >= 15 is 0 Å². The van der Waals surface area contributed by atoms with Crippen LogP contribution in [0.4, 0.5) is 5.69 Å². The topological polar surface area (TPSA) is 62.7 Å². The van der Waals surface area contributed by atoms with Crippen molar-refractivity contribution in [2.24, 2.45) is 5.92 Å². The van der Waals surface area contributed by atoms with Crippen LogP contribution >= 0.6 is 0 Å². The minimum atomic E-state index is -0.143. The van der Waals surface area contributed by atoms with Gasteiger partial charge in [-0.3, -0.25) is 9.89 Å². The van der Waals surface area contributed by atoms with Crippen molar-refractivity contribution in [3.05, 3.63) is 60.4 Å². The maximum absolute atomic E-state index is 12.6. The number of aromatic nitrogens is 3. The molecule has 0 aliphatic carbocycles. The van der Waals surface area contributed by atoms with Gasteiger partial charge in [0.05, 0.1) is 17.3 Å². The smallest absolute Gasteiger partial charge is 0.257 e. The van der Waals surface area contributed by atoms with Gasteiger partial charge in [-0.05, 0) is 36.2 Å². The van der Waals surface area contributed by atoms with E-state index in [1.165, 1.54) is 5.52 Å². The maximum Gasteiger partial charge on any atom is 0.257 e. The highest BCUT2D eigenvalue weighted by atomic mass is 16.1. The molecule has 0 saturated heterocycles. The Hall–Kier alpha value is -3.08. The lowest BCUT2D eigenvalue weighted by Gasteiger charge is -2.09. The van der Waals surface area contributed by atoms with E-state index in [1.54, 1.807) is 12.3 Å². The molecule has 0 atom stereocenters. The molecule has 2 aromatic carbocycles. The van der Waals surface area contributed by atoms with E-state index in [2.05, 4.69) is 52.3 Å². The molecule has 0 bridgehead atoms. The van der Waals surface area contributed by atoms with Crippen molar-refractivity contribution in [3.8, 4) is 0 Å². The molecule has 2 aromatic heterocycles. The van der Waals surface area contributed by atoms with E-state index in [0.717, 1.165) is 28.5 Å². The minimum Gasteiger partial charge on any atom is -0.347 e. The first-order valence-corrected chi connectivity index (χ1v) is 8.44. The maximum atomic E-state index is 12.6. The number of nitrogens with zero attached hydrogens (tertiary/aromatic N) is 2. The van der Waals surface area contributed by atoms with Gasteiger partial charge in [0.2, 0.25) is 0 Å². The third kappa shape index (κ3) is 2.89. The lowest BCUT2D eigenvalue weighted by Crippen LogP contribution is -2.12. The molecule has 0 unspecified atom stereocenters. The number of para-hydroxylation sites is 1. The third-order valence-electron chi connectivity index (χ3n) is 4.31. The van der Waals surface area contributed by atoms with E-state index < -0.39 is 0 Å². The number of benzene rings is 2. The van der Waals surface area contributed by atoms with Crippen LogP contribution in [0.1, 0.15) is 24.2 Å². The molecule has 0 saturated carbocycles. The predicted octanol–water partition coefficient (Wildman–Crippen LogP) is 4.43. The standard InChI is InChI=1S/C20H20N4O/c1-13(2)12-24-9-8-14-10-16(6-7-18(14)24)22-20(25)17-5-3-4-15-11-21-23-19(15)17/h3-11,13H,12H2,1-2H3,(H,21,23)(H,22,25). The fourth-order valence-electron chi connectivity index (χ4n) is 3.19. The summed E-state index contributed by atoms with van der Waals surface area (Å²) in [6.45, 7) is 5.39. The molecule has 0 radical (unpaired) electrons. The molecule has 0 fully saturated rings. The quantitative estimate of drug-likeness (QED) is 0.581. The Bertz CT molecular complexity index is 1060. The van der Waals surface area contributed by atoms with E-state index in [4.69, 9.17) is 0 Å². The van der Waals surface area contributed by atoms with Gasteiger partial charge in [-0.2, -0.15) is 5.10 Å². The van der Waals surface area contributed by atoms with Gasteiger partial charge in [-0.25, -0.2) is 0 Å². The summed E-state index contributed by atoms with van der Waals surface area (Å²) >= 11 is 0. The summed E-state index contributed by atoms with van der Waals surface area (Å²) in [4.78, 5) is 12.6. The third-order valence-corrected chi connectivity index (χ3v) is 4.31. The number of amides is 1. The van der Waals surface area contributed by atoms with Gasteiger partial charge in [0, 0.05) is 34.7 Å². The molecule has 2 N–H and O–H groups in total. The Kier molecular flexibility index (Phi) is 3.76. The lowest BCUT2D eigenvalue weighted by molar-refractivity contribution is 0.102. The Morgan fingerprint density at radius 2 is 2.08 bits per heavy atom. The number of H-pyrrole nitrogens is 1. The number of hydrogen-bond acceptors (Lipinski definition) is 2. The van der Waals surface area contributed by atoms with Crippen molar-refractivity contribution in [1.82, 2.24) is 14.8 Å². The zero-order valence-corrected chi connectivity index (χ0v) is 14.3. The number of nitrogens with one attached hydrogen (secondary N) is 2. The van der Waals surface area contributed by atoms with Crippen molar-refractivity contribution >= 4 is 33.4 Å². The molecule has 5 nitrogen and oxygen atoms in total. The summed E-state index contributed by atoms with van der Waals surface area (Å²) in [6.07, 6.45) is 3.82. The molecule has 25 heavy (non-hydrogen) atoms. The summed E-state index contributed by atoms with van der Waals surface area (Å²) in [5, 5.41) is 11.9. The monoisotopic (exact) mass is 332 g/mol. The SMILES string of the molecule is CC(C)Cn1ccc2cc(NC(=O)c3cccc4cn[nH]c34)ccc21. The van der Waals surface area contributed by atoms with E-state index in [1.807, 2.05) is 24.3 Å². The van der Waals surface area contributed by atoms with Crippen LogP contribution in [0.25, 0.3) is 21.8 Å². The molecule has 0 aliphatic rings. The summed E-state index contributed by atoms with van der Waals surface area (Å²) in [5.74, 6) is 0.445. The first-order valence-electron chi connectivity index (χ1n) is 8.44. The van der Waals surface area contributed by atoms with Crippen LogP contribution in [0, 0.1) is 5.92 Å². The average molecular weight is 332 g/mol. The molecule has 0 aliphatic heterocycles. The Morgan fingerprint density at radius 1 is 1.20 bits per heavy atom. The second-order valence-corrected chi connectivity index (χ2v) is 6.73. The van der Waals surface area contributed by atoms with Crippen LogP contribution in [0.3, 0.4) is 0 Å². The van der Waals surface area contributed by atoms with Crippen LogP contribution in [0.15, 0.2) is 54.9 Å². The number of carbonyl (C=O) groups excluding carboxylic acids is 1. The van der Waals surface area contributed by atoms with Crippen LogP contribution < -0.4 is 5.32 Å². The van der Waals surface area contributed by atoms with Gasteiger partial charge in [-0.15, -0.1) is 0 Å². The Morgan fingerprint density at radius 3 is 2.92 bits per heavy atom. The van der Waals surface area contributed by atoms with E-state index in [-0.39, 0.29) is 5.91 Å². The first-order chi connectivity index (χ1) is 12.1. The Balaban J connectivity index is 1.62. The molecule has 5 heteroatoms. The summed E-state index contributed by atoms with van der Waals surface area (Å²) in [7, 11) is 0. The number of hydrogen-bond donors (Lipinski definition) is 2. The zero-order valence-electron chi connectivity index (χ0n) is 14.3. The second-order valence-electron chi connectivity index (χ2n) is 6.73. The molecule has 4 rings (SSSR count). The van der Waals surface area contributed by atoms with E-state index in [0.29, 0.717) is 11.5 Å². The van der Waals surface area contributed by atoms with Crippen LogP contribution in [-0.2, 0) is 6.54 Å². The molecule has 4 aromatic rings. The number of fused-ring (bicyclic) bond motifs is 2. The van der Waals surface area contributed by atoms with Crippen LogP contribution in [-0.4, -0.2) is 20.7 Å². The summed E-state index contributed by atoms with van der Waals surface area (Å²) in [6, 6.07) is 13.7. The fraction of sp³-hybridized carbons (Fsp3) is 0.200. The molecular weight excluding hydrogens is 312 g/mol. The molecular formula is C20H20N4O. The van der Waals surface area contributed by atoms with Gasteiger partial charge in [0.1, 0.15) is 0 Å². The summed E-state index contributed by atoms with van der Waals surface area (Å²) < 4.78 is 2.25. The predicted molar refractivity (Wildman–Crippen MR) is 101 cm³/mol. The normalized spacial score (nSPS) is 11.5. The van der Waals surface area contributed by atoms with Crippen molar-refractivity contribution in [3.63, 3.8) is 0 Å². The van der Waals surface area contributed by atoms with Crippen molar-refractivity contribution in [2.75, 3.05) is 5.32 Å². The van der Waals surface area contributed by atoms with Gasteiger partial charge in [0.15, 0.2) is 0 Å². The van der Waals surface area contributed by atoms with Crippen LogP contribution in [0.2, 0.25) is 0 Å². The number of rotatable bonds is 4. The molecule has 126 valence electrons. The van der Waals surface area contributed by atoms with Gasteiger partial charge < -0.3 is 9.88 Å².